The van der Waals surface area contributed by atoms with Crippen molar-refractivity contribution in [3.8, 4) is 0 Å². The van der Waals surface area contributed by atoms with Crippen LogP contribution in [0.25, 0.3) is 0 Å². The molecule has 0 aliphatic carbocycles. The van der Waals surface area contributed by atoms with Crippen LogP contribution >= 0.6 is 0 Å². The molecule has 0 aromatic heterocycles. The minimum absolute atomic E-state index is 0.697. The van der Waals surface area contributed by atoms with Crippen LogP contribution in [0.3, 0.4) is 0 Å². The Bertz CT molecular complexity index is 342. The number of nitrogens with one attached hydrogen (secondary N) is 1. The number of fused-ring (bicyclic) bond motifs is 1. The maximum atomic E-state index is 3.42. The Hall–Kier alpha value is -1.18. The second-order valence-corrected chi connectivity index (χ2v) is 4.29. The lowest BCUT2D eigenvalue weighted by molar-refractivity contribution is 0.642. The highest BCUT2D eigenvalue weighted by Gasteiger charge is 2.21. The van der Waals surface area contributed by atoms with Gasteiger partial charge in [0.2, 0.25) is 0 Å². The van der Waals surface area contributed by atoms with Crippen LogP contribution in [0.1, 0.15) is 38.2 Å². The van der Waals surface area contributed by atoms with Crippen LogP contribution in [0.5, 0.6) is 0 Å². The zero-order valence-corrected chi connectivity index (χ0v) is 9.88. The lowest BCUT2D eigenvalue weighted by Gasteiger charge is -2.20. The van der Waals surface area contributed by atoms with E-state index in [0.29, 0.717) is 5.92 Å². The summed E-state index contributed by atoms with van der Waals surface area (Å²) < 4.78 is 0. The second-order valence-electron chi connectivity index (χ2n) is 4.29. The maximum Gasteiger partial charge on any atom is 0.0874 e. The number of hydrogen-bond donors (Lipinski definition) is 1. The average Bonchev–Trinajstić information content (AvgIpc) is 2.63. The van der Waals surface area contributed by atoms with Crippen molar-refractivity contribution in [1.82, 2.24) is 0 Å². The third-order valence-corrected chi connectivity index (χ3v) is 3.38. The van der Waals surface area contributed by atoms with E-state index in [1.807, 2.05) is 0 Å². The van der Waals surface area contributed by atoms with Gasteiger partial charge in [0.15, 0.2) is 0 Å². The second kappa shape index (κ2) is 4.13. The summed E-state index contributed by atoms with van der Waals surface area (Å²) in [6.45, 7) is 5.48. The van der Waals surface area contributed by atoms with Gasteiger partial charge in [-0.25, -0.2) is 0 Å². The van der Waals surface area contributed by atoms with Crippen LogP contribution < -0.4 is 10.2 Å². The predicted octanol–water partition coefficient (Wildman–Crippen LogP) is 3.41. The topological polar surface area (TPSA) is 15.3 Å². The first-order valence-electron chi connectivity index (χ1n) is 5.85. The molecule has 2 rings (SSSR count). The molecular formula is C13H20N2. The predicted molar refractivity (Wildman–Crippen MR) is 66.7 cm³/mol. The summed E-state index contributed by atoms with van der Waals surface area (Å²) in [6.07, 6.45) is 2.45. The van der Waals surface area contributed by atoms with Crippen LogP contribution in [0.4, 0.5) is 11.4 Å². The van der Waals surface area contributed by atoms with Crippen molar-refractivity contribution in [3.05, 3.63) is 23.8 Å². The number of para-hydroxylation sites is 1. The van der Waals surface area contributed by atoms with Gasteiger partial charge in [0.1, 0.15) is 0 Å². The largest absolute Gasteiger partial charge is 0.366 e. The minimum atomic E-state index is 0.697. The van der Waals surface area contributed by atoms with E-state index in [1.54, 1.807) is 0 Å². The van der Waals surface area contributed by atoms with E-state index in [9.17, 15) is 0 Å². The summed E-state index contributed by atoms with van der Waals surface area (Å²) in [6, 6.07) is 6.61. The molecule has 0 amide bonds. The van der Waals surface area contributed by atoms with Gasteiger partial charge in [-0.3, -0.25) is 0 Å². The Labute approximate surface area is 92.3 Å². The molecule has 2 heteroatoms. The Morgan fingerprint density at radius 2 is 2.07 bits per heavy atom. The van der Waals surface area contributed by atoms with Crippen LogP contribution in [0.15, 0.2) is 18.2 Å². The highest BCUT2D eigenvalue weighted by atomic mass is 15.3. The summed E-state index contributed by atoms with van der Waals surface area (Å²) in [4.78, 5) is 2.31. The number of nitrogens with zero attached hydrogens (tertiary/aromatic N) is 1. The van der Waals surface area contributed by atoms with Crippen molar-refractivity contribution in [2.75, 3.05) is 23.9 Å². The molecule has 82 valence electrons. The van der Waals surface area contributed by atoms with Crippen molar-refractivity contribution < 1.29 is 0 Å². The number of benzene rings is 1. The van der Waals surface area contributed by atoms with Crippen molar-refractivity contribution in [3.63, 3.8) is 0 Å². The standard InChI is InChI=1S/C13H20N2/c1-4-10(5-2)11-7-6-8-12-13(11)15(3)9-14-12/h6-8,10,14H,4-5,9H2,1-3H3. The summed E-state index contributed by atoms with van der Waals surface area (Å²) >= 11 is 0. The van der Waals surface area contributed by atoms with Crippen molar-refractivity contribution in [1.29, 1.82) is 0 Å². The summed E-state index contributed by atoms with van der Waals surface area (Å²) in [5, 5.41) is 3.42. The lowest BCUT2D eigenvalue weighted by atomic mass is 9.92. The molecule has 0 bridgehead atoms. The first kappa shape index (κ1) is 10.3. The third-order valence-electron chi connectivity index (χ3n) is 3.38. The van der Waals surface area contributed by atoms with E-state index in [2.05, 4.69) is 49.3 Å². The van der Waals surface area contributed by atoms with Gasteiger partial charge in [-0.15, -0.1) is 0 Å². The van der Waals surface area contributed by atoms with Crippen LogP contribution in [0.2, 0.25) is 0 Å². The van der Waals surface area contributed by atoms with E-state index in [1.165, 1.54) is 29.8 Å². The quantitative estimate of drug-likeness (QED) is 0.811. The zero-order chi connectivity index (χ0) is 10.8. The first-order chi connectivity index (χ1) is 7.27. The zero-order valence-electron chi connectivity index (χ0n) is 9.88. The molecule has 0 unspecified atom stereocenters. The smallest absolute Gasteiger partial charge is 0.0874 e. The van der Waals surface area contributed by atoms with E-state index in [0.717, 1.165) is 6.67 Å². The van der Waals surface area contributed by atoms with Gasteiger partial charge >= 0.3 is 0 Å². The number of rotatable bonds is 3. The monoisotopic (exact) mass is 204 g/mol. The molecule has 0 spiro atoms. The normalized spacial score (nSPS) is 14.3. The third kappa shape index (κ3) is 1.69. The van der Waals surface area contributed by atoms with Gasteiger partial charge in [0.25, 0.3) is 0 Å². The van der Waals surface area contributed by atoms with Crippen LogP contribution in [-0.4, -0.2) is 13.7 Å². The van der Waals surface area contributed by atoms with Gasteiger partial charge in [-0.1, -0.05) is 26.0 Å². The fourth-order valence-electron chi connectivity index (χ4n) is 2.47. The minimum Gasteiger partial charge on any atom is -0.366 e. The molecule has 0 fully saturated rings. The fourth-order valence-corrected chi connectivity index (χ4v) is 2.47. The Morgan fingerprint density at radius 3 is 2.73 bits per heavy atom. The average molecular weight is 204 g/mol. The molecule has 0 saturated carbocycles. The van der Waals surface area contributed by atoms with Gasteiger partial charge < -0.3 is 10.2 Å². The van der Waals surface area contributed by atoms with E-state index in [-0.39, 0.29) is 0 Å². The van der Waals surface area contributed by atoms with E-state index < -0.39 is 0 Å². The van der Waals surface area contributed by atoms with E-state index >= 15 is 0 Å². The fraction of sp³-hybridized carbons (Fsp3) is 0.538. The van der Waals surface area contributed by atoms with Crippen LogP contribution in [-0.2, 0) is 0 Å². The Balaban J connectivity index is 2.44. The number of hydrogen-bond acceptors (Lipinski definition) is 2. The summed E-state index contributed by atoms with van der Waals surface area (Å²) in [5.74, 6) is 0.697. The first-order valence-corrected chi connectivity index (χ1v) is 5.85. The maximum absolute atomic E-state index is 3.42. The molecule has 2 nitrogen and oxygen atoms in total. The molecule has 0 saturated heterocycles. The lowest BCUT2D eigenvalue weighted by Crippen LogP contribution is -2.17. The summed E-state index contributed by atoms with van der Waals surface area (Å²) in [5.41, 5.74) is 4.21. The van der Waals surface area contributed by atoms with E-state index in [4.69, 9.17) is 0 Å². The summed E-state index contributed by atoms with van der Waals surface area (Å²) in [7, 11) is 2.16. The molecule has 1 aromatic rings. The van der Waals surface area contributed by atoms with Crippen molar-refractivity contribution in [2.45, 2.75) is 32.6 Å². The SMILES string of the molecule is CCC(CC)c1cccc2c1N(C)CN2. The van der Waals surface area contributed by atoms with Crippen molar-refractivity contribution >= 4 is 11.4 Å². The van der Waals surface area contributed by atoms with Gasteiger partial charge in [-0.2, -0.15) is 0 Å². The molecule has 1 aliphatic heterocycles. The molecule has 1 heterocycles. The molecule has 1 aromatic carbocycles. The van der Waals surface area contributed by atoms with Crippen LogP contribution in [0, 0.1) is 0 Å². The highest BCUT2D eigenvalue weighted by Crippen LogP contribution is 2.39. The molecule has 1 aliphatic rings. The molecular weight excluding hydrogens is 184 g/mol. The van der Waals surface area contributed by atoms with Gasteiger partial charge in [0.05, 0.1) is 18.0 Å². The van der Waals surface area contributed by atoms with Gasteiger partial charge in [0, 0.05) is 7.05 Å². The Kier molecular flexibility index (Phi) is 2.85. The number of anilines is 2. The Morgan fingerprint density at radius 1 is 1.33 bits per heavy atom. The van der Waals surface area contributed by atoms with Crippen molar-refractivity contribution in [2.24, 2.45) is 0 Å². The molecule has 15 heavy (non-hydrogen) atoms. The van der Waals surface area contributed by atoms with Gasteiger partial charge in [-0.05, 0) is 30.4 Å². The highest BCUT2D eigenvalue weighted by molar-refractivity contribution is 5.78. The molecule has 0 atom stereocenters. The molecule has 1 N–H and O–H groups in total. The molecule has 0 radical (unpaired) electrons.